The van der Waals surface area contributed by atoms with Gasteiger partial charge in [0.1, 0.15) is 11.5 Å². The molecule has 1 fully saturated rings. The Bertz CT molecular complexity index is 637. The Labute approximate surface area is 166 Å². The third kappa shape index (κ3) is 5.35. The maximum absolute atomic E-state index is 12.8. The Hall–Kier alpha value is -1.87. The van der Waals surface area contributed by atoms with E-state index in [9.17, 15) is 4.79 Å². The van der Waals surface area contributed by atoms with Crippen LogP contribution in [0.1, 0.15) is 36.3 Å². The largest absolute Gasteiger partial charge is 0.468 e. The van der Waals surface area contributed by atoms with Crippen LogP contribution in [0, 0.1) is 5.92 Å². The van der Waals surface area contributed by atoms with Crippen molar-refractivity contribution in [1.82, 2.24) is 5.06 Å². The molecule has 0 heterocycles. The van der Waals surface area contributed by atoms with Crippen LogP contribution in [-0.2, 0) is 30.4 Å². The molecule has 2 atom stereocenters. The fraction of sp³-hybridized carbons (Fsp3) is 0.650. The summed E-state index contributed by atoms with van der Waals surface area (Å²) in [5.41, 5.74) is 1.75. The van der Waals surface area contributed by atoms with Gasteiger partial charge in [-0.05, 0) is 30.9 Å². The van der Waals surface area contributed by atoms with Crippen LogP contribution in [0.3, 0.4) is 0 Å². The van der Waals surface area contributed by atoms with E-state index < -0.39 is 0 Å². The molecule has 0 bridgehead atoms. The van der Waals surface area contributed by atoms with Gasteiger partial charge in [-0.15, -0.1) is 0 Å². The molecule has 8 nitrogen and oxygen atoms in total. The molecular formula is C20H31NO7. The number of nitrogens with zero attached hydrogens (tertiary/aromatic N) is 1. The van der Waals surface area contributed by atoms with Crippen molar-refractivity contribution in [3.63, 3.8) is 0 Å². The summed E-state index contributed by atoms with van der Waals surface area (Å²) in [6.45, 7) is 0.578. The van der Waals surface area contributed by atoms with E-state index in [0.29, 0.717) is 18.1 Å². The highest BCUT2D eigenvalue weighted by atomic mass is 16.7. The normalized spacial score (nSPS) is 18.9. The van der Waals surface area contributed by atoms with E-state index >= 15 is 0 Å². The van der Waals surface area contributed by atoms with E-state index in [1.54, 1.807) is 28.4 Å². The summed E-state index contributed by atoms with van der Waals surface area (Å²) in [6.07, 6.45) is 2.62. The molecule has 0 aliphatic heterocycles. The maximum atomic E-state index is 12.8. The third-order valence-electron chi connectivity index (χ3n) is 4.95. The number of carbonyl (C=O) groups excluding carboxylic acids is 1. The van der Waals surface area contributed by atoms with Crippen molar-refractivity contribution in [2.24, 2.45) is 5.92 Å². The van der Waals surface area contributed by atoms with Gasteiger partial charge in [0.25, 0.3) is 0 Å². The number of benzene rings is 1. The molecule has 0 N–H and O–H groups in total. The van der Waals surface area contributed by atoms with Gasteiger partial charge < -0.3 is 23.7 Å². The standard InChI is InChI=1S/C20H31NO7/c1-21(26-5)20(22)17-8-6-7-16(17)18-10-15(27-12-24-3)9-14(11-23-2)19(18)28-13-25-4/h9-10,16-17H,6-8,11-13H2,1-5H3. The number of methoxy groups -OCH3 is 3. The van der Waals surface area contributed by atoms with E-state index in [4.69, 9.17) is 28.5 Å². The average molecular weight is 397 g/mol. The fourth-order valence-corrected chi connectivity index (χ4v) is 3.68. The number of hydrogen-bond acceptors (Lipinski definition) is 7. The molecule has 0 spiro atoms. The molecule has 8 heteroatoms. The summed E-state index contributed by atoms with van der Waals surface area (Å²) in [5, 5.41) is 1.29. The number of hydrogen-bond donors (Lipinski definition) is 0. The first-order valence-electron chi connectivity index (χ1n) is 9.28. The van der Waals surface area contributed by atoms with Crippen molar-refractivity contribution < 1.29 is 33.3 Å². The van der Waals surface area contributed by atoms with Crippen LogP contribution in [-0.4, -0.2) is 60.0 Å². The number of ether oxygens (including phenoxy) is 5. The zero-order valence-electron chi connectivity index (χ0n) is 17.4. The SMILES string of the molecule is COCOc1cc(COC)c(OCOC)c(C2CCCC2C(=O)N(C)OC)c1. The molecule has 28 heavy (non-hydrogen) atoms. The second-order valence-corrected chi connectivity index (χ2v) is 6.70. The second kappa shape index (κ2) is 11.2. The molecule has 0 radical (unpaired) electrons. The molecule has 1 aliphatic rings. The number of amides is 1. The lowest BCUT2D eigenvalue weighted by Crippen LogP contribution is -2.33. The van der Waals surface area contributed by atoms with Crippen molar-refractivity contribution in [3.8, 4) is 11.5 Å². The summed E-state index contributed by atoms with van der Waals surface area (Å²) >= 11 is 0. The molecule has 0 aromatic heterocycles. The molecule has 1 aromatic rings. The van der Waals surface area contributed by atoms with Crippen molar-refractivity contribution in [1.29, 1.82) is 0 Å². The molecule has 1 saturated carbocycles. The quantitative estimate of drug-likeness (QED) is 0.420. The lowest BCUT2D eigenvalue weighted by atomic mass is 9.86. The Balaban J connectivity index is 2.47. The summed E-state index contributed by atoms with van der Waals surface area (Å²) in [7, 11) is 7.89. The smallest absolute Gasteiger partial charge is 0.249 e. The molecular weight excluding hydrogens is 366 g/mol. The van der Waals surface area contributed by atoms with Gasteiger partial charge in [-0.3, -0.25) is 9.63 Å². The van der Waals surface area contributed by atoms with Gasteiger partial charge in [-0.1, -0.05) is 6.42 Å². The number of rotatable bonds is 11. The van der Waals surface area contributed by atoms with Crippen molar-refractivity contribution >= 4 is 5.91 Å². The highest BCUT2D eigenvalue weighted by Crippen LogP contribution is 2.46. The zero-order chi connectivity index (χ0) is 20.5. The zero-order valence-corrected chi connectivity index (χ0v) is 17.4. The molecule has 1 aliphatic carbocycles. The molecule has 158 valence electrons. The van der Waals surface area contributed by atoms with E-state index in [0.717, 1.165) is 30.4 Å². The van der Waals surface area contributed by atoms with Crippen LogP contribution < -0.4 is 9.47 Å². The van der Waals surface area contributed by atoms with Gasteiger partial charge in [0.15, 0.2) is 13.6 Å². The van der Waals surface area contributed by atoms with Gasteiger partial charge in [-0.2, -0.15) is 0 Å². The summed E-state index contributed by atoms with van der Waals surface area (Å²) in [6, 6.07) is 3.79. The molecule has 1 amide bonds. The van der Waals surface area contributed by atoms with Crippen LogP contribution in [0.15, 0.2) is 12.1 Å². The second-order valence-electron chi connectivity index (χ2n) is 6.70. The number of carbonyl (C=O) groups is 1. The van der Waals surface area contributed by atoms with Crippen molar-refractivity contribution in [2.45, 2.75) is 31.8 Å². The van der Waals surface area contributed by atoms with Gasteiger partial charge in [-0.25, -0.2) is 5.06 Å². The Morgan fingerprint density at radius 2 is 1.75 bits per heavy atom. The van der Waals surface area contributed by atoms with E-state index in [-0.39, 0.29) is 31.3 Å². The van der Waals surface area contributed by atoms with Gasteiger partial charge in [0, 0.05) is 45.4 Å². The third-order valence-corrected chi connectivity index (χ3v) is 4.95. The van der Waals surface area contributed by atoms with Crippen LogP contribution in [0.2, 0.25) is 0 Å². The highest BCUT2D eigenvalue weighted by Gasteiger charge is 2.38. The topological polar surface area (TPSA) is 75.7 Å². The van der Waals surface area contributed by atoms with E-state index in [1.807, 2.05) is 12.1 Å². The van der Waals surface area contributed by atoms with Crippen LogP contribution in [0.25, 0.3) is 0 Å². The Morgan fingerprint density at radius 3 is 2.39 bits per heavy atom. The maximum Gasteiger partial charge on any atom is 0.249 e. The number of hydroxylamine groups is 2. The lowest BCUT2D eigenvalue weighted by molar-refractivity contribution is -0.173. The van der Waals surface area contributed by atoms with Gasteiger partial charge in [0.2, 0.25) is 5.91 Å². The Morgan fingerprint density at radius 1 is 1.04 bits per heavy atom. The van der Waals surface area contributed by atoms with Crippen LogP contribution >= 0.6 is 0 Å². The van der Waals surface area contributed by atoms with Gasteiger partial charge >= 0.3 is 0 Å². The Kier molecular flexibility index (Phi) is 8.98. The van der Waals surface area contributed by atoms with Crippen LogP contribution in [0.4, 0.5) is 0 Å². The first-order valence-corrected chi connectivity index (χ1v) is 9.28. The minimum Gasteiger partial charge on any atom is -0.468 e. The summed E-state index contributed by atoms with van der Waals surface area (Å²) in [4.78, 5) is 17.9. The predicted octanol–water partition coefficient (Wildman–Crippen LogP) is 2.70. The predicted molar refractivity (Wildman–Crippen MR) is 102 cm³/mol. The molecule has 2 rings (SSSR count). The molecule has 0 saturated heterocycles. The molecule has 2 unspecified atom stereocenters. The minimum absolute atomic E-state index is 0.0151. The first kappa shape index (κ1) is 22.4. The monoisotopic (exact) mass is 397 g/mol. The lowest BCUT2D eigenvalue weighted by Gasteiger charge is -2.26. The van der Waals surface area contributed by atoms with E-state index in [2.05, 4.69) is 0 Å². The van der Waals surface area contributed by atoms with Crippen molar-refractivity contribution in [3.05, 3.63) is 23.3 Å². The highest BCUT2D eigenvalue weighted by molar-refractivity contribution is 5.79. The van der Waals surface area contributed by atoms with Gasteiger partial charge in [0.05, 0.1) is 13.7 Å². The van der Waals surface area contributed by atoms with E-state index in [1.165, 1.54) is 12.2 Å². The summed E-state index contributed by atoms with van der Waals surface area (Å²) in [5.74, 6) is 1.07. The summed E-state index contributed by atoms with van der Waals surface area (Å²) < 4.78 is 27.1. The first-order chi connectivity index (χ1) is 13.6. The molecule has 1 aromatic carbocycles. The fourth-order valence-electron chi connectivity index (χ4n) is 3.68. The van der Waals surface area contributed by atoms with Crippen LogP contribution in [0.5, 0.6) is 11.5 Å². The minimum atomic E-state index is -0.192. The van der Waals surface area contributed by atoms with Crippen molar-refractivity contribution in [2.75, 3.05) is 49.1 Å². The average Bonchev–Trinajstić information content (AvgIpc) is 3.19.